The molecule has 90 valence electrons. The highest BCUT2D eigenvalue weighted by molar-refractivity contribution is 7.99. The van der Waals surface area contributed by atoms with Crippen molar-refractivity contribution in [3.63, 3.8) is 0 Å². The minimum absolute atomic E-state index is 0.0444. The van der Waals surface area contributed by atoms with Crippen molar-refractivity contribution in [2.75, 3.05) is 24.7 Å². The van der Waals surface area contributed by atoms with Gasteiger partial charge in [-0.05, 0) is 24.3 Å². The SMILES string of the molecule is CNc1ccc(SCCOS(=O)(=O)O)cc1. The summed E-state index contributed by atoms with van der Waals surface area (Å²) in [4.78, 5) is 1.01. The molecule has 0 aliphatic heterocycles. The molecule has 0 aliphatic carbocycles. The lowest BCUT2D eigenvalue weighted by atomic mass is 10.3. The average molecular weight is 263 g/mol. The highest BCUT2D eigenvalue weighted by Gasteiger charge is 2.03. The molecule has 0 unspecified atom stereocenters. The van der Waals surface area contributed by atoms with Crippen molar-refractivity contribution in [2.45, 2.75) is 4.90 Å². The predicted molar refractivity (Wildman–Crippen MR) is 64.2 cm³/mol. The summed E-state index contributed by atoms with van der Waals surface area (Å²) in [5, 5.41) is 3.00. The Hall–Kier alpha value is -0.760. The second-order valence-corrected chi connectivity index (χ2v) is 5.13. The van der Waals surface area contributed by atoms with Crippen LogP contribution in [-0.4, -0.2) is 32.4 Å². The van der Waals surface area contributed by atoms with Gasteiger partial charge in [0.25, 0.3) is 0 Å². The lowest BCUT2D eigenvalue weighted by Gasteiger charge is -2.03. The molecule has 0 radical (unpaired) electrons. The third-order valence-electron chi connectivity index (χ3n) is 1.73. The van der Waals surface area contributed by atoms with Crippen molar-refractivity contribution in [3.8, 4) is 0 Å². The van der Waals surface area contributed by atoms with E-state index in [1.165, 1.54) is 11.8 Å². The topological polar surface area (TPSA) is 75.6 Å². The van der Waals surface area contributed by atoms with Gasteiger partial charge in [-0.2, -0.15) is 8.42 Å². The van der Waals surface area contributed by atoms with Crippen LogP contribution in [0.15, 0.2) is 29.2 Å². The number of hydrogen-bond acceptors (Lipinski definition) is 5. The van der Waals surface area contributed by atoms with Crippen molar-refractivity contribution in [2.24, 2.45) is 0 Å². The maximum Gasteiger partial charge on any atom is 0.397 e. The van der Waals surface area contributed by atoms with Crippen molar-refractivity contribution >= 4 is 27.8 Å². The van der Waals surface area contributed by atoms with Gasteiger partial charge in [-0.25, -0.2) is 4.18 Å². The molecule has 0 aliphatic rings. The van der Waals surface area contributed by atoms with Gasteiger partial charge in [-0.1, -0.05) is 0 Å². The van der Waals surface area contributed by atoms with Gasteiger partial charge in [0.15, 0.2) is 0 Å². The zero-order chi connectivity index (χ0) is 12.0. The van der Waals surface area contributed by atoms with Crippen LogP contribution in [-0.2, 0) is 14.6 Å². The quantitative estimate of drug-likeness (QED) is 0.461. The molecule has 0 spiro atoms. The number of benzene rings is 1. The summed E-state index contributed by atoms with van der Waals surface area (Å²) in [5.41, 5.74) is 1.01. The Balaban J connectivity index is 2.32. The van der Waals surface area contributed by atoms with Crippen LogP contribution >= 0.6 is 11.8 Å². The molecule has 1 aromatic carbocycles. The fourth-order valence-electron chi connectivity index (χ4n) is 1.02. The van der Waals surface area contributed by atoms with Gasteiger partial charge in [0, 0.05) is 23.4 Å². The van der Waals surface area contributed by atoms with Crippen LogP contribution in [0.2, 0.25) is 0 Å². The fraction of sp³-hybridized carbons (Fsp3) is 0.333. The molecule has 0 saturated carbocycles. The first kappa shape index (κ1) is 13.3. The third-order valence-corrected chi connectivity index (χ3v) is 3.17. The molecule has 0 bridgehead atoms. The Morgan fingerprint density at radius 1 is 1.38 bits per heavy atom. The monoisotopic (exact) mass is 263 g/mol. The molecule has 1 rings (SSSR count). The molecule has 0 saturated heterocycles. The first-order valence-electron chi connectivity index (χ1n) is 4.54. The van der Waals surface area contributed by atoms with Gasteiger partial charge >= 0.3 is 10.4 Å². The zero-order valence-electron chi connectivity index (χ0n) is 8.71. The first-order valence-corrected chi connectivity index (χ1v) is 6.89. The Kier molecular flexibility index (Phi) is 5.07. The Morgan fingerprint density at radius 3 is 2.50 bits per heavy atom. The first-order chi connectivity index (χ1) is 7.51. The van der Waals surface area contributed by atoms with Crippen LogP contribution in [0.5, 0.6) is 0 Å². The molecule has 0 heterocycles. The smallest absolute Gasteiger partial charge is 0.388 e. The second kappa shape index (κ2) is 6.09. The molecule has 0 atom stereocenters. The molecule has 1 aromatic rings. The number of hydrogen-bond donors (Lipinski definition) is 2. The third kappa shape index (κ3) is 5.36. The van der Waals surface area contributed by atoms with Crippen LogP contribution < -0.4 is 5.32 Å². The minimum Gasteiger partial charge on any atom is -0.388 e. The normalized spacial score (nSPS) is 11.4. The van der Waals surface area contributed by atoms with Gasteiger partial charge in [0.2, 0.25) is 0 Å². The molecule has 5 nitrogen and oxygen atoms in total. The highest BCUT2D eigenvalue weighted by Crippen LogP contribution is 2.19. The van der Waals surface area contributed by atoms with Crippen LogP contribution in [0.4, 0.5) is 5.69 Å². The number of thioether (sulfide) groups is 1. The summed E-state index contributed by atoms with van der Waals surface area (Å²) in [6, 6.07) is 7.69. The van der Waals surface area contributed by atoms with Crippen molar-refractivity contribution in [1.29, 1.82) is 0 Å². The van der Waals surface area contributed by atoms with E-state index in [9.17, 15) is 8.42 Å². The Labute approximate surface area is 99.2 Å². The minimum atomic E-state index is -4.31. The number of anilines is 1. The van der Waals surface area contributed by atoms with Gasteiger partial charge in [0.1, 0.15) is 0 Å². The van der Waals surface area contributed by atoms with E-state index in [1.54, 1.807) is 0 Å². The molecule has 0 aromatic heterocycles. The van der Waals surface area contributed by atoms with Gasteiger partial charge in [0.05, 0.1) is 6.61 Å². The van der Waals surface area contributed by atoms with E-state index in [-0.39, 0.29) is 6.61 Å². The molecule has 0 fully saturated rings. The van der Waals surface area contributed by atoms with E-state index < -0.39 is 10.4 Å². The van der Waals surface area contributed by atoms with Gasteiger partial charge < -0.3 is 5.32 Å². The molecular formula is C9H13NO4S2. The summed E-state index contributed by atoms with van der Waals surface area (Å²) in [5.74, 6) is 0.457. The largest absolute Gasteiger partial charge is 0.397 e. The molecule has 16 heavy (non-hydrogen) atoms. The van der Waals surface area contributed by atoms with Gasteiger partial charge in [-0.15, -0.1) is 11.8 Å². The van der Waals surface area contributed by atoms with E-state index in [2.05, 4.69) is 9.50 Å². The van der Waals surface area contributed by atoms with Crippen molar-refractivity contribution in [3.05, 3.63) is 24.3 Å². The van der Waals surface area contributed by atoms with Gasteiger partial charge in [-0.3, -0.25) is 4.55 Å². The van der Waals surface area contributed by atoms with Crippen molar-refractivity contribution in [1.82, 2.24) is 0 Å². The standard InChI is InChI=1S/C9H13NO4S2/c1-10-8-2-4-9(5-3-8)15-7-6-14-16(11,12)13/h2-5,10H,6-7H2,1H3,(H,11,12,13). The predicted octanol–water partition coefficient (Wildman–Crippen LogP) is 1.64. The molecule has 0 amide bonds. The van der Waals surface area contributed by atoms with E-state index >= 15 is 0 Å². The second-order valence-electron chi connectivity index (χ2n) is 2.87. The number of rotatable bonds is 6. The van der Waals surface area contributed by atoms with Crippen molar-refractivity contribution < 1.29 is 17.2 Å². The van der Waals surface area contributed by atoms with E-state index in [0.29, 0.717) is 5.75 Å². The fourth-order valence-corrected chi connectivity index (χ4v) is 2.15. The summed E-state index contributed by atoms with van der Waals surface area (Å²) < 4.78 is 33.0. The average Bonchev–Trinajstić information content (AvgIpc) is 2.24. The highest BCUT2D eigenvalue weighted by atomic mass is 32.3. The Morgan fingerprint density at radius 2 is 2.00 bits per heavy atom. The van der Waals surface area contributed by atoms with Crippen LogP contribution in [0.25, 0.3) is 0 Å². The molecular weight excluding hydrogens is 250 g/mol. The lowest BCUT2D eigenvalue weighted by molar-refractivity contribution is 0.285. The maximum atomic E-state index is 10.2. The summed E-state index contributed by atoms with van der Waals surface area (Å²) >= 11 is 1.45. The van der Waals surface area contributed by atoms with E-state index in [0.717, 1.165) is 10.6 Å². The maximum absolute atomic E-state index is 10.2. The number of nitrogens with one attached hydrogen (secondary N) is 1. The summed E-state index contributed by atoms with van der Waals surface area (Å²) in [6.07, 6.45) is 0. The lowest BCUT2D eigenvalue weighted by Crippen LogP contribution is -2.06. The van der Waals surface area contributed by atoms with Crippen LogP contribution in [0, 0.1) is 0 Å². The molecule has 7 heteroatoms. The Bertz CT molecular complexity index is 416. The van der Waals surface area contributed by atoms with Crippen LogP contribution in [0.1, 0.15) is 0 Å². The molecule has 2 N–H and O–H groups in total. The zero-order valence-corrected chi connectivity index (χ0v) is 10.3. The van der Waals surface area contributed by atoms with Crippen LogP contribution in [0.3, 0.4) is 0 Å². The summed E-state index contributed by atoms with van der Waals surface area (Å²) in [6.45, 7) is -0.0444. The van der Waals surface area contributed by atoms with E-state index in [1.807, 2.05) is 31.3 Å². The van der Waals surface area contributed by atoms with E-state index in [4.69, 9.17) is 4.55 Å². The summed E-state index contributed by atoms with van der Waals surface area (Å²) in [7, 11) is -2.48.